The Morgan fingerprint density at radius 1 is 1.03 bits per heavy atom. The second-order valence-electron chi connectivity index (χ2n) is 10.3. The normalized spacial score (nSPS) is 17.2. The maximum absolute atomic E-state index is 13.4. The number of halogens is 2. The summed E-state index contributed by atoms with van der Waals surface area (Å²) in [6.07, 6.45) is 0.411. The maximum Gasteiger partial charge on any atom is 0.295 e. The molecule has 3 aromatic carbocycles. The Kier molecular flexibility index (Phi) is 7.93. The number of likely N-dealkylation sites (tertiary alicyclic amines) is 1. The van der Waals surface area contributed by atoms with Crippen LogP contribution in [0.3, 0.4) is 0 Å². The highest BCUT2D eigenvalue weighted by atomic mass is 35.5. The molecule has 1 heterocycles. The summed E-state index contributed by atoms with van der Waals surface area (Å²) >= 11 is 6.11. The fourth-order valence-electron chi connectivity index (χ4n) is 4.70. The molecule has 0 aliphatic carbocycles. The quantitative estimate of drug-likeness (QED) is 0.204. The predicted molar refractivity (Wildman–Crippen MR) is 147 cm³/mol. The van der Waals surface area contributed by atoms with E-state index in [0.29, 0.717) is 34.9 Å². The van der Waals surface area contributed by atoms with Crippen LogP contribution in [0.5, 0.6) is 5.75 Å². The van der Waals surface area contributed by atoms with Gasteiger partial charge in [0.2, 0.25) is 0 Å². The van der Waals surface area contributed by atoms with Crippen molar-refractivity contribution in [2.45, 2.75) is 45.6 Å². The second kappa shape index (κ2) is 11.0. The van der Waals surface area contributed by atoms with E-state index in [1.54, 1.807) is 48.5 Å². The van der Waals surface area contributed by atoms with Gasteiger partial charge >= 0.3 is 0 Å². The number of ether oxygens (including phenoxy) is 1. The number of hydrogen-bond donors (Lipinski definition) is 1. The van der Waals surface area contributed by atoms with Gasteiger partial charge in [-0.2, -0.15) is 0 Å². The van der Waals surface area contributed by atoms with Crippen LogP contribution in [0.15, 0.2) is 72.3 Å². The van der Waals surface area contributed by atoms with Crippen LogP contribution in [-0.4, -0.2) is 34.8 Å². The molecule has 1 N–H and O–H groups in total. The molecule has 5 nitrogen and oxygen atoms in total. The van der Waals surface area contributed by atoms with Crippen molar-refractivity contribution in [3.63, 3.8) is 0 Å². The Bertz CT molecular complexity index is 1370. The summed E-state index contributed by atoms with van der Waals surface area (Å²) in [4.78, 5) is 28.1. The summed E-state index contributed by atoms with van der Waals surface area (Å²) in [7, 11) is 0. The number of carbonyl (C=O) groups excluding carboxylic acids is 2. The van der Waals surface area contributed by atoms with Gasteiger partial charge in [-0.25, -0.2) is 4.39 Å². The molecule has 1 aliphatic heterocycles. The molecular formula is C31H31ClFNO4. The van der Waals surface area contributed by atoms with E-state index in [1.165, 1.54) is 17.0 Å². The van der Waals surface area contributed by atoms with Gasteiger partial charge in [-0.15, -0.1) is 0 Å². The van der Waals surface area contributed by atoms with E-state index in [4.69, 9.17) is 16.3 Å². The van der Waals surface area contributed by atoms with Crippen molar-refractivity contribution in [1.29, 1.82) is 0 Å². The lowest BCUT2D eigenvalue weighted by Crippen LogP contribution is -2.31. The molecule has 0 bridgehead atoms. The van der Waals surface area contributed by atoms with Crippen LogP contribution >= 0.6 is 11.6 Å². The lowest BCUT2D eigenvalue weighted by Gasteiger charge is -2.26. The molecule has 0 aromatic heterocycles. The first-order valence-electron chi connectivity index (χ1n) is 12.6. The number of amides is 1. The average Bonchev–Trinajstić information content (AvgIpc) is 3.13. The number of rotatable bonds is 7. The summed E-state index contributed by atoms with van der Waals surface area (Å²) in [5.74, 6) is -1.35. The van der Waals surface area contributed by atoms with Crippen LogP contribution in [-0.2, 0) is 21.4 Å². The van der Waals surface area contributed by atoms with Gasteiger partial charge in [0.15, 0.2) is 0 Å². The SMILES string of the molecule is CCOc1ccc(/C(O)=C2/C(=O)C(=O)N(CCc3ccc(F)cc3)C2c2ccc(Cl)cc2)cc1C(C)(C)C. The summed E-state index contributed by atoms with van der Waals surface area (Å²) in [6, 6.07) is 17.4. The molecule has 3 aromatic rings. The molecule has 198 valence electrons. The third-order valence-corrected chi connectivity index (χ3v) is 6.89. The van der Waals surface area contributed by atoms with Crippen LogP contribution in [0.4, 0.5) is 4.39 Å². The lowest BCUT2D eigenvalue weighted by atomic mass is 9.84. The molecule has 0 radical (unpaired) electrons. The molecular weight excluding hydrogens is 505 g/mol. The molecule has 7 heteroatoms. The van der Waals surface area contributed by atoms with Gasteiger partial charge in [0.05, 0.1) is 18.2 Å². The Labute approximate surface area is 227 Å². The van der Waals surface area contributed by atoms with Gasteiger partial charge in [-0.05, 0) is 72.4 Å². The molecule has 1 saturated heterocycles. The van der Waals surface area contributed by atoms with Gasteiger partial charge in [0, 0.05) is 22.7 Å². The second-order valence-corrected chi connectivity index (χ2v) is 10.8. The van der Waals surface area contributed by atoms with Gasteiger partial charge in [0.1, 0.15) is 17.3 Å². The molecule has 4 rings (SSSR count). The van der Waals surface area contributed by atoms with E-state index in [2.05, 4.69) is 0 Å². The fraction of sp³-hybridized carbons (Fsp3) is 0.290. The maximum atomic E-state index is 13.4. The van der Waals surface area contributed by atoms with E-state index in [1.807, 2.05) is 33.8 Å². The standard InChI is InChI=1S/C31H31ClFNO4/c1-5-38-25-15-10-21(18-24(25)31(2,3)4)28(35)26-27(20-8-11-22(32)12-9-20)34(30(37)29(26)36)17-16-19-6-13-23(33)14-7-19/h6-15,18,27,35H,5,16-17H2,1-4H3/b28-26-. The summed E-state index contributed by atoms with van der Waals surface area (Å²) in [5, 5.41) is 12.0. The minimum Gasteiger partial charge on any atom is -0.507 e. The monoisotopic (exact) mass is 535 g/mol. The number of aliphatic hydroxyl groups excluding tert-OH is 1. The number of benzene rings is 3. The van der Waals surface area contributed by atoms with Crippen molar-refractivity contribution < 1.29 is 23.8 Å². The minimum atomic E-state index is -0.808. The van der Waals surface area contributed by atoms with Crippen LogP contribution in [0, 0.1) is 5.82 Å². The zero-order chi connectivity index (χ0) is 27.6. The number of nitrogens with zero attached hydrogens (tertiary/aromatic N) is 1. The summed E-state index contributed by atoms with van der Waals surface area (Å²) < 4.78 is 19.2. The van der Waals surface area contributed by atoms with Crippen LogP contribution in [0.1, 0.15) is 56.0 Å². The van der Waals surface area contributed by atoms with Crippen LogP contribution in [0.2, 0.25) is 5.02 Å². The van der Waals surface area contributed by atoms with Crippen molar-refractivity contribution in [1.82, 2.24) is 4.90 Å². The highest BCUT2D eigenvalue weighted by Crippen LogP contribution is 2.41. The number of carbonyl (C=O) groups is 2. The van der Waals surface area contributed by atoms with Crippen molar-refractivity contribution in [2.75, 3.05) is 13.2 Å². The smallest absolute Gasteiger partial charge is 0.295 e. The van der Waals surface area contributed by atoms with E-state index in [-0.39, 0.29) is 29.1 Å². The molecule has 0 spiro atoms. The topological polar surface area (TPSA) is 66.8 Å². The van der Waals surface area contributed by atoms with Gasteiger partial charge in [-0.1, -0.05) is 56.6 Å². The zero-order valence-corrected chi connectivity index (χ0v) is 22.7. The van der Waals surface area contributed by atoms with Crippen molar-refractivity contribution in [3.8, 4) is 5.75 Å². The molecule has 1 aliphatic rings. The third-order valence-electron chi connectivity index (χ3n) is 6.64. The lowest BCUT2D eigenvalue weighted by molar-refractivity contribution is -0.139. The van der Waals surface area contributed by atoms with Crippen LogP contribution in [0.25, 0.3) is 5.76 Å². The fourth-order valence-corrected chi connectivity index (χ4v) is 4.83. The Balaban J connectivity index is 1.81. The molecule has 1 fully saturated rings. The summed E-state index contributed by atoms with van der Waals surface area (Å²) in [6.45, 7) is 8.71. The predicted octanol–water partition coefficient (Wildman–Crippen LogP) is 6.84. The number of hydrogen-bond acceptors (Lipinski definition) is 4. The Hall–Kier alpha value is -3.64. The molecule has 1 amide bonds. The van der Waals surface area contributed by atoms with E-state index in [9.17, 15) is 19.1 Å². The van der Waals surface area contributed by atoms with E-state index in [0.717, 1.165) is 11.1 Å². The average molecular weight is 536 g/mol. The van der Waals surface area contributed by atoms with E-state index < -0.39 is 17.7 Å². The molecule has 38 heavy (non-hydrogen) atoms. The number of ketones is 1. The number of Topliss-reactive ketones (excluding diaryl/α,β-unsaturated/α-hetero) is 1. The van der Waals surface area contributed by atoms with Crippen LogP contribution < -0.4 is 4.74 Å². The number of aliphatic hydroxyl groups is 1. The van der Waals surface area contributed by atoms with Crippen molar-refractivity contribution >= 4 is 29.1 Å². The Morgan fingerprint density at radius 3 is 2.29 bits per heavy atom. The van der Waals surface area contributed by atoms with Crippen molar-refractivity contribution in [2.24, 2.45) is 0 Å². The molecule has 1 unspecified atom stereocenters. The molecule has 1 atom stereocenters. The molecule has 0 saturated carbocycles. The first-order valence-corrected chi connectivity index (χ1v) is 12.9. The Morgan fingerprint density at radius 2 is 1.68 bits per heavy atom. The highest BCUT2D eigenvalue weighted by molar-refractivity contribution is 6.46. The van der Waals surface area contributed by atoms with Gasteiger partial charge in [0.25, 0.3) is 11.7 Å². The van der Waals surface area contributed by atoms with Gasteiger partial charge in [-0.3, -0.25) is 9.59 Å². The first kappa shape index (κ1) is 27.4. The largest absolute Gasteiger partial charge is 0.507 e. The van der Waals surface area contributed by atoms with E-state index >= 15 is 0 Å². The first-order chi connectivity index (χ1) is 18.0. The highest BCUT2D eigenvalue weighted by Gasteiger charge is 2.46. The minimum absolute atomic E-state index is 0.0143. The summed E-state index contributed by atoms with van der Waals surface area (Å²) in [5.41, 5.74) is 2.49. The van der Waals surface area contributed by atoms with Crippen molar-refractivity contribution in [3.05, 3.63) is 105 Å². The van der Waals surface area contributed by atoms with Gasteiger partial charge < -0.3 is 14.7 Å². The zero-order valence-electron chi connectivity index (χ0n) is 21.9. The third kappa shape index (κ3) is 5.60.